The molecular formula is C15H23FN2O2. The molecule has 1 heterocycles. The van der Waals surface area contributed by atoms with Gasteiger partial charge in [-0.3, -0.25) is 0 Å². The van der Waals surface area contributed by atoms with Crippen molar-refractivity contribution in [2.24, 2.45) is 0 Å². The predicted octanol–water partition coefficient (Wildman–Crippen LogP) is 1.79. The normalized spacial score (nSPS) is 18.8. The zero-order chi connectivity index (χ0) is 14.4. The summed E-state index contributed by atoms with van der Waals surface area (Å²) in [6, 6.07) is 5.44. The molecule has 1 aliphatic rings. The molecule has 1 atom stereocenters. The van der Waals surface area contributed by atoms with Gasteiger partial charge in [0.1, 0.15) is 5.82 Å². The second kappa shape index (κ2) is 7.57. The Labute approximate surface area is 119 Å². The van der Waals surface area contributed by atoms with Crippen LogP contribution in [0, 0.1) is 5.82 Å². The highest BCUT2D eigenvalue weighted by atomic mass is 19.1. The topological polar surface area (TPSA) is 33.7 Å². The van der Waals surface area contributed by atoms with Gasteiger partial charge in [0, 0.05) is 40.4 Å². The summed E-state index contributed by atoms with van der Waals surface area (Å²) in [5.74, 6) is -0.159. The molecule has 1 unspecified atom stereocenters. The zero-order valence-electron chi connectivity index (χ0n) is 12.2. The van der Waals surface area contributed by atoms with Crippen molar-refractivity contribution in [2.45, 2.75) is 19.1 Å². The third-order valence-corrected chi connectivity index (χ3v) is 3.64. The molecule has 2 rings (SSSR count). The Morgan fingerprint density at radius 3 is 2.90 bits per heavy atom. The van der Waals surface area contributed by atoms with E-state index in [1.807, 2.05) is 17.0 Å². The number of nitrogens with one attached hydrogen (secondary N) is 1. The Morgan fingerprint density at radius 1 is 1.40 bits per heavy atom. The van der Waals surface area contributed by atoms with Gasteiger partial charge < -0.3 is 19.7 Å². The van der Waals surface area contributed by atoms with Gasteiger partial charge >= 0.3 is 0 Å². The molecule has 0 aliphatic carbocycles. The smallest absolute Gasteiger partial charge is 0.146 e. The van der Waals surface area contributed by atoms with Crippen molar-refractivity contribution < 1.29 is 13.9 Å². The molecule has 5 heteroatoms. The quantitative estimate of drug-likeness (QED) is 0.773. The molecule has 0 aromatic heterocycles. The Hall–Kier alpha value is -1.17. The fraction of sp³-hybridized carbons (Fsp3) is 0.600. The number of anilines is 1. The summed E-state index contributed by atoms with van der Waals surface area (Å²) < 4.78 is 24.4. The van der Waals surface area contributed by atoms with Crippen LogP contribution >= 0.6 is 0 Å². The number of hydrogen-bond donors (Lipinski definition) is 1. The van der Waals surface area contributed by atoms with Crippen molar-refractivity contribution in [1.29, 1.82) is 0 Å². The Balaban J connectivity index is 1.92. The van der Waals surface area contributed by atoms with Crippen LogP contribution in [0.2, 0.25) is 0 Å². The first-order valence-corrected chi connectivity index (χ1v) is 7.00. The lowest BCUT2D eigenvalue weighted by molar-refractivity contribution is 0.121. The summed E-state index contributed by atoms with van der Waals surface area (Å²) in [6.45, 7) is 3.69. The highest BCUT2D eigenvalue weighted by Gasteiger charge is 2.24. The van der Waals surface area contributed by atoms with Gasteiger partial charge in [0.15, 0.2) is 0 Å². The lowest BCUT2D eigenvalue weighted by Gasteiger charge is -2.19. The Morgan fingerprint density at radius 2 is 2.25 bits per heavy atom. The van der Waals surface area contributed by atoms with Crippen molar-refractivity contribution >= 4 is 5.69 Å². The third-order valence-electron chi connectivity index (χ3n) is 3.64. The van der Waals surface area contributed by atoms with Crippen molar-refractivity contribution in [3.05, 3.63) is 29.6 Å². The van der Waals surface area contributed by atoms with Crippen LogP contribution in [0.25, 0.3) is 0 Å². The van der Waals surface area contributed by atoms with Gasteiger partial charge in [0.2, 0.25) is 0 Å². The molecule has 1 N–H and O–H groups in total. The van der Waals surface area contributed by atoms with Crippen LogP contribution in [0.4, 0.5) is 10.1 Å². The van der Waals surface area contributed by atoms with Crippen molar-refractivity contribution in [1.82, 2.24) is 5.32 Å². The van der Waals surface area contributed by atoms with E-state index in [1.54, 1.807) is 20.3 Å². The van der Waals surface area contributed by atoms with E-state index in [1.165, 1.54) is 0 Å². The van der Waals surface area contributed by atoms with E-state index in [9.17, 15) is 4.39 Å². The van der Waals surface area contributed by atoms with Crippen LogP contribution in [0.3, 0.4) is 0 Å². The molecule has 0 saturated carbocycles. The molecule has 1 aliphatic heterocycles. The van der Waals surface area contributed by atoms with E-state index in [0.717, 1.165) is 31.6 Å². The number of benzene rings is 1. The minimum absolute atomic E-state index is 0.159. The van der Waals surface area contributed by atoms with Crippen molar-refractivity contribution in [3.63, 3.8) is 0 Å². The van der Waals surface area contributed by atoms with Crippen molar-refractivity contribution in [2.75, 3.05) is 45.4 Å². The van der Waals surface area contributed by atoms with E-state index in [0.29, 0.717) is 18.8 Å². The third kappa shape index (κ3) is 3.91. The number of methoxy groups -OCH3 is 2. The Kier molecular flexibility index (Phi) is 5.76. The van der Waals surface area contributed by atoms with Gasteiger partial charge in [-0.1, -0.05) is 6.07 Å². The fourth-order valence-corrected chi connectivity index (χ4v) is 2.46. The summed E-state index contributed by atoms with van der Waals surface area (Å²) in [5.41, 5.74) is 1.62. The van der Waals surface area contributed by atoms with Gasteiger partial charge in [-0.15, -0.1) is 0 Å². The average Bonchev–Trinajstić information content (AvgIpc) is 2.92. The number of nitrogens with zero attached hydrogens (tertiary/aromatic N) is 1. The predicted molar refractivity (Wildman–Crippen MR) is 77.6 cm³/mol. The second-order valence-electron chi connectivity index (χ2n) is 5.05. The minimum atomic E-state index is -0.159. The molecule has 0 radical (unpaired) electrons. The largest absolute Gasteiger partial charge is 0.383 e. The van der Waals surface area contributed by atoms with E-state index in [4.69, 9.17) is 9.47 Å². The standard InChI is InChI=1S/C15H23FN2O2/c1-19-8-6-17-10-12-3-4-15(14(16)9-12)18-7-5-13(11-18)20-2/h3-4,9,13,17H,5-8,10-11H2,1-2H3. The lowest BCUT2D eigenvalue weighted by Crippen LogP contribution is -2.23. The van der Waals surface area contributed by atoms with Gasteiger partial charge in [-0.25, -0.2) is 4.39 Å². The lowest BCUT2D eigenvalue weighted by atomic mass is 10.2. The zero-order valence-corrected chi connectivity index (χ0v) is 12.2. The van der Waals surface area contributed by atoms with E-state index in [-0.39, 0.29) is 11.9 Å². The number of rotatable bonds is 7. The monoisotopic (exact) mass is 282 g/mol. The van der Waals surface area contributed by atoms with Crippen LogP contribution in [0.1, 0.15) is 12.0 Å². The molecule has 0 amide bonds. The van der Waals surface area contributed by atoms with Crippen molar-refractivity contribution in [3.8, 4) is 0 Å². The molecule has 20 heavy (non-hydrogen) atoms. The molecular weight excluding hydrogens is 259 g/mol. The number of ether oxygens (including phenoxy) is 2. The highest BCUT2D eigenvalue weighted by molar-refractivity contribution is 5.50. The van der Waals surface area contributed by atoms with E-state index >= 15 is 0 Å². The molecule has 112 valence electrons. The maximum Gasteiger partial charge on any atom is 0.146 e. The highest BCUT2D eigenvalue weighted by Crippen LogP contribution is 2.25. The SMILES string of the molecule is COCCNCc1ccc(N2CCC(OC)C2)c(F)c1. The first-order valence-electron chi connectivity index (χ1n) is 7.00. The summed E-state index contributed by atoms with van der Waals surface area (Å²) in [5, 5.41) is 3.21. The van der Waals surface area contributed by atoms with E-state index < -0.39 is 0 Å². The summed E-state index contributed by atoms with van der Waals surface area (Å²) in [7, 11) is 3.37. The Bertz CT molecular complexity index is 428. The molecule has 0 bridgehead atoms. The molecule has 1 aromatic rings. The van der Waals surface area contributed by atoms with Crippen LogP contribution in [0.15, 0.2) is 18.2 Å². The maximum absolute atomic E-state index is 14.2. The number of halogens is 1. The summed E-state index contributed by atoms with van der Waals surface area (Å²) in [4.78, 5) is 2.05. The fourth-order valence-electron chi connectivity index (χ4n) is 2.46. The van der Waals surface area contributed by atoms with Crippen LogP contribution in [-0.2, 0) is 16.0 Å². The molecule has 1 fully saturated rings. The van der Waals surface area contributed by atoms with E-state index in [2.05, 4.69) is 5.32 Å². The van der Waals surface area contributed by atoms with Crippen LogP contribution in [-0.4, -0.2) is 46.6 Å². The molecule has 1 aromatic carbocycles. The molecule has 1 saturated heterocycles. The maximum atomic E-state index is 14.2. The summed E-state index contributed by atoms with van der Waals surface area (Å²) in [6.07, 6.45) is 1.17. The molecule has 4 nitrogen and oxygen atoms in total. The first kappa shape index (κ1) is 15.2. The number of hydrogen-bond acceptors (Lipinski definition) is 4. The van der Waals surface area contributed by atoms with Gasteiger partial charge in [0.05, 0.1) is 18.4 Å². The van der Waals surface area contributed by atoms with Crippen LogP contribution in [0.5, 0.6) is 0 Å². The second-order valence-corrected chi connectivity index (χ2v) is 5.05. The molecule has 0 spiro atoms. The summed E-state index contributed by atoms with van der Waals surface area (Å²) >= 11 is 0. The van der Waals surface area contributed by atoms with Gasteiger partial charge in [0.25, 0.3) is 0 Å². The average molecular weight is 282 g/mol. The van der Waals surface area contributed by atoms with Gasteiger partial charge in [-0.2, -0.15) is 0 Å². The minimum Gasteiger partial charge on any atom is -0.383 e. The van der Waals surface area contributed by atoms with Gasteiger partial charge in [-0.05, 0) is 24.1 Å². The van der Waals surface area contributed by atoms with Crippen LogP contribution < -0.4 is 10.2 Å². The first-order chi connectivity index (χ1) is 9.74.